The molecule has 4 nitrogen and oxygen atoms in total. The van der Waals surface area contributed by atoms with Crippen LogP contribution in [0.2, 0.25) is 5.02 Å². The van der Waals surface area contributed by atoms with Gasteiger partial charge in [-0.25, -0.2) is 0 Å². The first kappa shape index (κ1) is 15.8. The maximum Gasteiger partial charge on any atom is 0.255 e. The highest BCUT2D eigenvalue weighted by Gasteiger charge is 2.12. The Morgan fingerprint density at radius 3 is 2.52 bits per heavy atom. The minimum Gasteiger partial charge on any atom is -0.355 e. The molecule has 21 heavy (non-hydrogen) atoms. The van der Waals surface area contributed by atoms with Gasteiger partial charge in [0.1, 0.15) is 0 Å². The van der Waals surface area contributed by atoms with Gasteiger partial charge in [0, 0.05) is 21.9 Å². The number of carbonyl (C=O) groups is 2. The van der Waals surface area contributed by atoms with Gasteiger partial charge < -0.3 is 10.6 Å². The monoisotopic (exact) mass is 414 g/mol. The van der Waals surface area contributed by atoms with E-state index in [1.807, 2.05) is 12.1 Å². The fourth-order valence-corrected chi connectivity index (χ4v) is 2.49. The Morgan fingerprint density at radius 2 is 1.86 bits per heavy atom. The third-order valence-corrected chi connectivity index (χ3v) is 3.78. The molecule has 0 unspecified atom stereocenters. The van der Waals surface area contributed by atoms with Crippen molar-refractivity contribution in [3.8, 4) is 0 Å². The predicted octanol–water partition coefficient (Wildman–Crippen LogP) is 3.56. The number of hydrogen-bond donors (Lipinski definition) is 2. The van der Waals surface area contributed by atoms with Crippen LogP contribution in [0.3, 0.4) is 0 Å². The van der Waals surface area contributed by atoms with Gasteiger partial charge in [0.25, 0.3) is 11.8 Å². The molecule has 0 saturated heterocycles. The minimum absolute atomic E-state index is 0.237. The van der Waals surface area contributed by atoms with E-state index in [4.69, 9.17) is 11.6 Å². The zero-order chi connectivity index (χ0) is 15.4. The van der Waals surface area contributed by atoms with Crippen LogP contribution in [-0.2, 0) is 0 Å². The molecule has 2 N–H and O–H groups in total. The Kier molecular flexibility index (Phi) is 5.19. The first-order valence-corrected chi connectivity index (χ1v) is 7.55. The third-order valence-electron chi connectivity index (χ3n) is 2.78. The normalized spacial score (nSPS) is 10.0. The number of amides is 2. The number of carbonyl (C=O) groups excluding carboxylic acids is 2. The van der Waals surface area contributed by atoms with Crippen molar-refractivity contribution < 1.29 is 9.59 Å². The standard InChI is InChI=1S/C15H12ClIN2O2/c1-18-15(21)12-8-11(5-6-13(12)16)19-14(20)9-3-2-4-10(17)7-9/h2-8H,1H3,(H,18,21)(H,19,20). The summed E-state index contributed by atoms with van der Waals surface area (Å²) in [6.45, 7) is 0. The molecule has 0 fully saturated rings. The quantitative estimate of drug-likeness (QED) is 0.755. The Labute approximate surface area is 141 Å². The van der Waals surface area contributed by atoms with E-state index >= 15 is 0 Å². The highest BCUT2D eigenvalue weighted by molar-refractivity contribution is 14.1. The number of nitrogens with one attached hydrogen (secondary N) is 2. The van der Waals surface area contributed by atoms with E-state index in [2.05, 4.69) is 33.2 Å². The van der Waals surface area contributed by atoms with Gasteiger partial charge in [0.2, 0.25) is 0 Å². The smallest absolute Gasteiger partial charge is 0.255 e. The summed E-state index contributed by atoms with van der Waals surface area (Å²) in [4.78, 5) is 23.8. The predicted molar refractivity (Wildman–Crippen MR) is 92.0 cm³/mol. The summed E-state index contributed by atoms with van der Waals surface area (Å²) in [5, 5.41) is 5.59. The lowest BCUT2D eigenvalue weighted by Gasteiger charge is -2.09. The van der Waals surface area contributed by atoms with Crippen molar-refractivity contribution in [2.24, 2.45) is 0 Å². The Morgan fingerprint density at radius 1 is 1.10 bits per heavy atom. The van der Waals surface area contributed by atoms with Crippen molar-refractivity contribution in [3.63, 3.8) is 0 Å². The van der Waals surface area contributed by atoms with Crippen molar-refractivity contribution in [2.45, 2.75) is 0 Å². The number of halogens is 2. The Hall–Kier alpha value is -1.60. The molecular formula is C15H12ClIN2O2. The van der Waals surface area contributed by atoms with Gasteiger partial charge in [-0.15, -0.1) is 0 Å². The van der Waals surface area contributed by atoms with Crippen LogP contribution in [0.25, 0.3) is 0 Å². The van der Waals surface area contributed by atoms with Crippen molar-refractivity contribution in [3.05, 3.63) is 62.2 Å². The van der Waals surface area contributed by atoms with Crippen LogP contribution >= 0.6 is 34.2 Å². The lowest BCUT2D eigenvalue weighted by Crippen LogP contribution is -2.19. The molecule has 0 aromatic heterocycles. The van der Waals surface area contributed by atoms with Gasteiger partial charge in [-0.05, 0) is 59.0 Å². The van der Waals surface area contributed by atoms with Gasteiger partial charge in [-0.2, -0.15) is 0 Å². The zero-order valence-corrected chi connectivity index (χ0v) is 14.0. The van der Waals surface area contributed by atoms with Crippen molar-refractivity contribution in [2.75, 3.05) is 12.4 Å². The lowest BCUT2D eigenvalue weighted by atomic mass is 10.1. The molecule has 0 saturated carbocycles. The Bertz CT molecular complexity index is 704. The van der Waals surface area contributed by atoms with Gasteiger partial charge in [0.05, 0.1) is 10.6 Å². The second-order valence-electron chi connectivity index (χ2n) is 4.24. The van der Waals surface area contributed by atoms with Gasteiger partial charge >= 0.3 is 0 Å². The second kappa shape index (κ2) is 6.91. The van der Waals surface area contributed by atoms with Crippen LogP contribution in [0.4, 0.5) is 5.69 Å². The molecule has 0 heterocycles. The molecule has 0 atom stereocenters. The number of benzene rings is 2. The highest BCUT2D eigenvalue weighted by Crippen LogP contribution is 2.21. The van der Waals surface area contributed by atoms with Crippen LogP contribution < -0.4 is 10.6 Å². The largest absolute Gasteiger partial charge is 0.355 e. The van der Waals surface area contributed by atoms with Crippen LogP contribution in [0.1, 0.15) is 20.7 Å². The first-order chi connectivity index (χ1) is 10.0. The summed E-state index contributed by atoms with van der Waals surface area (Å²) in [6.07, 6.45) is 0. The summed E-state index contributed by atoms with van der Waals surface area (Å²) >= 11 is 8.11. The molecule has 108 valence electrons. The zero-order valence-electron chi connectivity index (χ0n) is 11.1. The Balaban J connectivity index is 2.24. The van der Waals surface area contributed by atoms with Gasteiger partial charge in [-0.1, -0.05) is 17.7 Å². The summed E-state index contributed by atoms with van der Waals surface area (Å²) in [5.74, 6) is -0.538. The molecule has 2 aromatic rings. The van der Waals surface area contributed by atoms with Gasteiger partial charge in [0.15, 0.2) is 0 Å². The molecule has 0 bridgehead atoms. The lowest BCUT2D eigenvalue weighted by molar-refractivity contribution is 0.0961. The molecule has 0 aliphatic heterocycles. The van der Waals surface area contributed by atoms with E-state index in [9.17, 15) is 9.59 Å². The fourth-order valence-electron chi connectivity index (χ4n) is 1.74. The SMILES string of the molecule is CNC(=O)c1cc(NC(=O)c2cccc(I)c2)ccc1Cl. The van der Waals surface area contributed by atoms with E-state index in [0.717, 1.165) is 3.57 Å². The summed E-state index contributed by atoms with van der Waals surface area (Å²) < 4.78 is 0.974. The van der Waals surface area contributed by atoms with E-state index < -0.39 is 0 Å². The van der Waals surface area contributed by atoms with E-state index in [-0.39, 0.29) is 11.8 Å². The van der Waals surface area contributed by atoms with E-state index in [1.165, 1.54) is 7.05 Å². The van der Waals surface area contributed by atoms with Crippen LogP contribution in [0.5, 0.6) is 0 Å². The van der Waals surface area contributed by atoms with Crippen molar-refractivity contribution in [1.29, 1.82) is 0 Å². The maximum atomic E-state index is 12.2. The third kappa shape index (κ3) is 3.95. The molecule has 0 spiro atoms. The molecule has 0 radical (unpaired) electrons. The average Bonchev–Trinajstić information content (AvgIpc) is 2.48. The fraction of sp³-hybridized carbons (Fsp3) is 0.0667. The number of hydrogen-bond acceptors (Lipinski definition) is 2. The summed E-state index contributed by atoms with van der Waals surface area (Å²) in [6, 6.07) is 12.0. The molecule has 0 aliphatic rings. The van der Waals surface area contributed by atoms with Crippen LogP contribution in [-0.4, -0.2) is 18.9 Å². The van der Waals surface area contributed by atoms with Gasteiger partial charge in [-0.3, -0.25) is 9.59 Å². The summed E-state index contributed by atoms with van der Waals surface area (Å²) in [5.41, 5.74) is 1.39. The molecule has 2 aromatic carbocycles. The molecular weight excluding hydrogens is 403 g/mol. The molecule has 2 amide bonds. The van der Waals surface area contributed by atoms with Crippen molar-refractivity contribution in [1.82, 2.24) is 5.32 Å². The topological polar surface area (TPSA) is 58.2 Å². The molecule has 0 aliphatic carbocycles. The summed E-state index contributed by atoms with van der Waals surface area (Å²) in [7, 11) is 1.52. The maximum absolute atomic E-state index is 12.2. The van der Waals surface area contributed by atoms with E-state index in [0.29, 0.717) is 21.8 Å². The van der Waals surface area contributed by atoms with Crippen LogP contribution in [0, 0.1) is 3.57 Å². The average molecular weight is 415 g/mol. The molecule has 6 heteroatoms. The number of anilines is 1. The first-order valence-electron chi connectivity index (χ1n) is 6.10. The number of rotatable bonds is 3. The molecule has 2 rings (SSSR count). The van der Waals surface area contributed by atoms with Crippen molar-refractivity contribution >= 4 is 51.7 Å². The highest BCUT2D eigenvalue weighted by atomic mass is 127. The second-order valence-corrected chi connectivity index (χ2v) is 5.89. The van der Waals surface area contributed by atoms with Crippen LogP contribution in [0.15, 0.2) is 42.5 Å². The van der Waals surface area contributed by atoms with E-state index in [1.54, 1.807) is 30.3 Å². The minimum atomic E-state index is -0.301.